The smallest absolute Gasteiger partial charge is 0.413 e. The molecule has 0 radical (unpaired) electrons. The Morgan fingerprint density at radius 1 is 1.47 bits per heavy atom. The molecular weight excluding hydrogens is 218 g/mol. The Kier molecular flexibility index (Phi) is 5.64. The van der Waals surface area contributed by atoms with Crippen LogP contribution >= 0.6 is 0 Å². The van der Waals surface area contributed by atoms with Crippen molar-refractivity contribution in [2.75, 3.05) is 20.2 Å². The number of rotatable bonds is 6. The first-order chi connectivity index (χ1) is 8.22. The van der Waals surface area contributed by atoms with Crippen LogP contribution in [0.4, 0.5) is 0 Å². The van der Waals surface area contributed by atoms with Crippen molar-refractivity contribution in [1.82, 2.24) is 4.90 Å². The van der Waals surface area contributed by atoms with Gasteiger partial charge in [0.2, 0.25) is 0 Å². The van der Waals surface area contributed by atoms with Gasteiger partial charge in [0.1, 0.15) is 6.61 Å². The summed E-state index contributed by atoms with van der Waals surface area (Å²) in [5, 5.41) is 0. The largest absolute Gasteiger partial charge is 0.456 e. The van der Waals surface area contributed by atoms with Crippen LogP contribution in [0.25, 0.3) is 5.53 Å². The number of ether oxygens (including phenoxy) is 1. The van der Waals surface area contributed by atoms with Crippen LogP contribution in [0.3, 0.4) is 0 Å². The summed E-state index contributed by atoms with van der Waals surface area (Å²) in [6, 6.07) is 10.0. The third-order valence-corrected chi connectivity index (χ3v) is 2.18. The highest BCUT2D eigenvalue weighted by Gasteiger charge is 2.04. The lowest BCUT2D eigenvalue weighted by Gasteiger charge is -2.15. The predicted molar refractivity (Wildman–Crippen MR) is 63.4 cm³/mol. The third kappa shape index (κ3) is 5.61. The second-order valence-corrected chi connectivity index (χ2v) is 3.64. The maximum atomic E-state index is 10.8. The van der Waals surface area contributed by atoms with Crippen molar-refractivity contribution in [3.05, 3.63) is 41.4 Å². The zero-order valence-electron chi connectivity index (χ0n) is 9.74. The molecule has 1 aromatic rings. The summed E-state index contributed by atoms with van der Waals surface area (Å²) in [5.74, 6) is -0.638. The Morgan fingerprint density at radius 2 is 2.18 bits per heavy atom. The van der Waals surface area contributed by atoms with Gasteiger partial charge >= 0.3 is 12.2 Å². The Balaban J connectivity index is 2.24. The number of carbonyl (C=O) groups excluding carboxylic acids is 1. The average Bonchev–Trinajstić information content (AvgIpc) is 2.30. The van der Waals surface area contributed by atoms with Gasteiger partial charge in [-0.2, -0.15) is 4.79 Å². The maximum absolute atomic E-state index is 10.8. The number of likely N-dealkylation sites (N-methyl/N-ethyl adjacent to an activating group) is 1. The molecule has 0 bridgehead atoms. The number of hydrogen-bond acceptors (Lipinski definition) is 3. The summed E-state index contributed by atoms with van der Waals surface area (Å²) in [6.07, 6.45) is 0.733. The average molecular weight is 233 g/mol. The van der Waals surface area contributed by atoms with E-state index in [1.165, 1.54) is 5.56 Å². The van der Waals surface area contributed by atoms with Crippen molar-refractivity contribution in [3.8, 4) is 0 Å². The molecule has 0 aliphatic heterocycles. The molecule has 90 valence electrons. The Bertz CT molecular complexity index is 399. The predicted octanol–water partition coefficient (Wildman–Crippen LogP) is 0.962. The molecule has 5 nitrogen and oxygen atoms in total. The number of esters is 1. The van der Waals surface area contributed by atoms with E-state index in [9.17, 15) is 4.79 Å². The van der Waals surface area contributed by atoms with Crippen molar-refractivity contribution in [1.29, 1.82) is 0 Å². The van der Waals surface area contributed by atoms with Gasteiger partial charge in [-0.15, -0.1) is 0 Å². The summed E-state index contributed by atoms with van der Waals surface area (Å²) in [7, 11) is 1.95. The van der Waals surface area contributed by atoms with E-state index in [1.54, 1.807) is 0 Å². The summed E-state index contributed by atoms with van der Waals surface area (Å²) < 4.78 is 4.80. The number of hydrogen-bond donors (Lipinski definition) is 0. The van der Waals surface area contributed by atoms with Crippen LogP contribution in [0.1, 0.15) is 5.56 Å². The molecular formula is C12H15N3O2. The molecule has 1 rings (SSSR count). The molecule has 0 amide bonds. The zero-order valence-corrected chi connectivity index (χ0v) is 9.74. The summed E-state index contributed by atoms with van der Waals surface area (Å²) in [6.45, 7) is 1.70. The minimum Gasteiger partial charge on any atom is -0.456 e. The van der Waals surface area contributed by atoms with E-state index in [2.05, 4.69) is 4.79 Å². The molecule has 17 heavy (non-hydrogen) atoms. The van der Waals surface area contributed by atoms with Gasteiger partial charge in [-0.1, -0.05) is 30.3 Å². The molecule has 0 atom stereocenters. The lowest BCUT2D eigenvalue weighted by Crippen LogP contribution is -2.24. The van der Waals surface area contributed by atoms with Gasteiger partial charge in [0.05, 0.1) is 0 Å². The lowest BCUT2D eigenvalue weighted by molar-refractivity contribution is -0.139. The number of benzene rings is 1. The molecule has 0 aliphatic rings. The van der Waals surface area contributed by atoms with E-state index in [4.69, 9.17) is 10.3 Å². The fourth-order valence-corrected chi connectivity index (χ4v) is 1.36. The standard InChI is InChI=1S/C12H15N3O2/c1-15(7-8-17-12(16)9-14-13)10-11-5-3-2-4-6-11/h2-6,9H,7-8,10H2,1H3. The third-order valence-electron chi connectivity index (χ3n) is 2.18. The van der Waals surface area contributed by atoms with Crippen LogP contribution in [0.2, 0.25) is 0 Å². The Labute approximate surface area is 100 Å². The molecule has 1 aromatic carbocycles. The first-order valence-corrected chi connectivity index (χ1v) is 5.29. The van der Waals surface area contributed by atoms with Crippen molar-refractivity contribution >= 4 is 12.2 Å². The van der Waals surface area contributed by atoms with Gasteiger partial charge in [0.15, 0.2) is 0 Å². The summed E-state index contributed by atoms with van der Waals surface area (Å²) in [4.78, 5) is 15.5. The highest BCUT2D eigenvalue weighted by Crippen LogP contribution is 2.01. The van der Waals surface area contributed by atoms with Gasteiger partial charge in [0.25, 0.3) is 0 Å². The SMILES string of the molecule is CN(CCOC(=O)C=[N+]=[N-])Cc1ccccc1. The van der Waals surface area contributed by atoms with Crippen LogP contribution < -0.4 is 0 Å². The number of carbonyl (C=O) groups is 1. The van der Waals surface area contributed by atoms with Crippen molar-refractivity contribution < 1.29 is 14.3 Å². The molecule has 0 heterocycles. The Hall–Kier alpha value is -1.97. The van der Waals surface area contributed by atoms with E-state index in [1.807, 2.05) is 42.3 Å². The van der Waals surface area contributed by atoms with Gasteiger partial charge < -0.3 is 10.3 Å². The zero-order chi connectivity index (χ0) is 12.5. The Morgan fingerprint density at radius 3 is 2.82 bits per heavy atom. The normalized spacial score (nSPS) is 9.76. The van der Waals surface area contributed by atoms with Crippen LogP contribution in [0, 0.1) is 0 Å². The first kappa shape index (κ1) is 13.1. The second kappa shape index (κ2) is 7.33. The van der Waals surface area contributed by atoms with Crippen molar-refractivity contribution in [3.63, 3.8) is 0 Å². The highest BCUT2D eigenvalue weighted by molar-refractivity contribution is 6.20. The van der Waals surface area contributed by atoms with Gasteiger partial charge in [-0.3, -0.25) is 4.90 Å². The molecule has 0 saturated carbocycles. The van der Waals surface area contributed by atoms with E-state index in [0.29, 0.717) is 6.54 Å². The van der Waals surface area contributed by atoms with Crippen molar-refractivity contribution in [2.45, 2.75) is 6.54 Å². The highest BCUT2D eigenvalue weighted by atomic mass is 16.5. The molecule has 0 aromatic heterocycles. The van der Waals surface area contributed by atoms with E-state index >= 15 is 0 Å². The van der Waals surface area contributed by atoms with Crippen LogP contribution in [-0.2, 0) is 16.1 Å². The molecule has 0 saturated heterocycles. The summed E-state index contributed by atoms with van der Waals surface area (Å²) in [5.41, 5.74) is 9.30. The molecule has 0 N–H and O–H groups in total. The minimum atomic E-state index is -0.638. The number of nitrogens with zero attached hydrogens (tertiary/aromatic N) is 3. The monoisotopic (exact) mass is 233 g/mol. The van der Waals surface area contributed by atoms with Gasteiger partial charge in [0, 0.05) is 13.1 Å². The van der Waals surface area contributed by atoms with Gasteiger partial charge in [-0.05, 0) is 12.6 Å². The molecule has 0 spiro atoms. The molecule has 0 unspecified atom stereocenters. The van der Waals surface area contributed by atoms with E-state index in [0.717, 1.165) is 12.8 Å². The fourth-order valence-electron chi connectivity index (χ4n) is 1.36. The van der Waals surface area contributed by atoms with Crippen LogP contribution in [0.5, 0.6) is 0 Å². The van der Waals surface area contributed by atoms with E-state index in [-0.39, 0.29) is 6.61 Å². The fraction of sp³-hybridized carbons (Fsp3) is 0.333. The molecule has 0 aliphatic carbocycles. The maximum Gasteiger partial charge on any atom is 0.413 e. The first-order valence-electron chi connectivity index (χ1n) is 5.29. The van der Waals surface area contributed by atoms with E-state index < -0.39 is 5.97 Å². The molecule has 0 fully saturated rings. The summed E-state index contributed by atoms with van der Waals surface area (Å²) >= 11 is 0. The van der Waals surface area contributed by atoms with Crippen LogP contribution in [0.15, 0.2) is 30.3 Å². The lowest BCUT2D eigenvalue weighted by atomic mass is 10.2. The minimum absolute atomic E-state index is 0.272. The topological polar surface area (TPSA) is 65.9 Å². The second-order valence-electron chi connectivity index (χ2n) is 3.64. The van der Waals surface area contributed by atoms with Crippen LogP contribution in [-0.4, -0.2) is 42.1 Å². The van der Waals surface area contributed by atoms with Crippen molar-refractivity contribution in [2.24, 2.45) is 0 Å². The van der Waals surface area contributed by atoms with Gasteiger partial charge in [-0.25, -0.2) is 4.79 Å². The molecule has 5 heteroatoms. The quantitative estimate of drug-likeness (QED) is 0.318.